The summed E-state index contributed by atoms with van der Waals surface area (Å²) in [6.45, 7) is 4.05. The van der Waals surface area contributed by atoms with Crippen molar-refractivity contribution in [1.29, 1.82) is 0 Å². The van der Waals surface area contributed by atoms with Crippen molar-refractivity contribution in [3.63, 3.8) is 0 Å². The Morgan fingerprint density at radius 2 is 1.62 bits per heavy atom. The Balaban J connectivity index is 2.13. The molecule has 2 aromatic carbocycles. The highest BCUT2D eigenvalue weighted by atomic mass is 79.9. The van der Waals surface area contributed by atoms with E-state index >= 15 is 0 Å². The smallest absolute Gasteiger partial charge is 0.207 e. The predicted molar refractivity (Wildman–Crippen MR) is 89.0 cm³/mol. The fourth-order valence-corrected chi connectivity index (χ4v) is 3.72. The predicted octanol–water partition coefficient (Wildman–Crippen LogP) is 3.68. The lowest BCUT2D eigenvalue weighted by Gasteiger charge is -2.10. The summed E-state index contributed by atoms with van der Waals surface area (Å²) in [5.74, 6) is 0. The maximum Gasteiger partial charge on any atom is 0.241 e. The minimum atomic E-state index is -3.48. The molecule has 0 atom stereocenters. The lowest BCUT2D eigenvalue weighted by atomic mass is 10.2. The molecule has 0 aliphatic rings. The zero-order chi connectivity index (χ0) is 15.5. The Morgan fingerprint density at radius 3 is 2.19 bits per heavy atom. The number of rotatable bonds is 5. The van der Waals surface area contributed by atoms with Gasteiger partial charge in [-0.15, -0.1) is 0 Å². The van der Waals surface area contributed by atoms with Gasteiger partial charge in [0, 0.05) is 11.9 Å². The van der Waals surface area contributed by atoms with Gasteiger partial charge in [0.05, 0.1) is 4.90 Å². The van der Waals surface area contributed by atoms with E-state index in [1.54, 1.807) is 6.07 Å². The molecule has 0 saturated carbocycles. The Labute approximate surface area is 134 Å². The molecule has 112 valence electrons. The van der Waals surface area contributed by atoms with Crippen molar-refractivity contribution < 1.29 is 8.42 Å². The average molecular weight is 368 g/mol. The standard InChI is InChI=1S/C16H18BrNO2S/c1-12-3-8-16(13(2)9-12)21(19,20)18-11-15-6-4-14(10-17)5-7-15/h3-9,18H,10-11H2,1-2H3. The molecule has 0 radical (unpaired) electrons. The molecule has 2 aromatic rings. The second kappa shape index (κ2) is 6.73. The number of aryl methyl sites for hydroxylation is 2. The molecule has 1 N–H and O–H groups in total. The number of nitrogens with one attached hydrogen (secondary N) is 1. The molecule has 0 aliphatic heterocycles. The van der Waals surface area contributed by atoms with Crippen molar-refractivity contribution in [3.8, 4) is 0 Å². The number of benzene rings is 2. The van der Waals surface area contributed by atoms with Crippen molar-refractivity contribution in [3.05, 3.63) is 64.7 Å². The largest absolute Gasteiger partial charge is 0.241 e. The molecule has 21 heavy (non-hydrogen) atoms. The van der Waals surface area contributed by atoms with Crippen LogP contribution >= 0.6 is 15.9 Å². The summed E-state index contributed by atoms with van der Waals surface area (Å²) in [7, 11) is -3.48. The Kier molecular flexibility index (Phi) is 5.19. The molecule has 5 heteroatoms. The minimum Gasteiger partial charge on any atom is -0.207 e. The van der Waals surface area contributed by atoms with Gasteiger partial charge < -0.3 is 0 Å². The van der Waals surface area contributed by atoms with Gasteiger partial charge in [-0.2, -0.15) is 0 Å². The molecule has 0 fully saturated rings. The van der Waals surface area contributed by atoms with Gasteiger partial charge in [-0.3, -0.25) is 0 Å². The third-order valence-electron chi connectivity index (χ3n) is 3.26. The molecule has 0 saturated heterocycles. The first-order valence-corrected chi connectivity index (χ1v) is 9.23. The van der Waals surface area contributed by atoms with Crippen molar-refractivity contribution in [2.45, 2.75) is 30.6 Å². The summed E-state index contributed by atoms with van der Waals surface area (Å²) in [6.07, 6.45) is 0. The zero-order valence-electron chi connectivity index (χ0n) is 12.1. The van der Waals surface area contributed by atoms with E-state index in [1.165, 1.54) is 0 Å². The van der Waals surface area contributed by atoms with E-state index in [2.05, 4.69) is 20.7 Å². The van der Waals surface area contributed by atoms with Crippen LogP contribution in [0.5, 0.6) is 0 Å². The number of halogens is 1. The van der Waals surface area contributed by atoms with Crippen LogP contribution in [0.15, 0.2) is 47.4 Å². The molecule has 0 spiro atoms. The van der Waals surface area contributed by atoms with Crippen LogP contribution in [-0.4, -0.2) is 8.42 Å². The Hall–Kier alpha value is -1.17. The maximum absolute atomic E-state index is 12.3. The van der Waals surface area contributed by atoms with Crippen molar-refractivity contribution in [2.24, 2.45) is 0 Å². The van der Waals surface area contributed by atoms with Crippen LogP contribution in [0.2, 0.25) is 0 Å². The van der Waals surface area contributed by atoms with Crippen LogP contribution in [-0.2, 0) is 21.9 Å². The minimum absolute atomic E-state index is 0.290. The van der Waals surface area contributed by atoms with Gasteiger partial charge in [0.25, 0.3) is 0 Å². The van der Waals surface area contributed by atoms with Crippen LogP contribution in [0.1, 0.15) is 22.3 Å². The van der Waals surface area contributed by atoms with E-state index in [0.717, 1.165) is 27.6 Å². The monoisotopic (exact) mass is 367 g/mol. The van der Waals surface area contributed by atoms with E-state index in [9.17, 15) is 8.42 Å². The second-order valence-electron chi connectivity index (χ2n) is 5.04. The molecule has 0 amide bonds. The third-order valence-corrected chi connectivity index (χ3v) is 5.47. The average Bonchev–Trinajstić information content (AvgIpc) is 2.45. The first kappa shape index (κ1) is 16.2. The first-order chi connectivity index (χ1) is 9.92. The summed E-state index contributed by atoms with van der Waals surface area (Å²) in [6, 6.07) is 13.2. The topological polar surface area (TPSA) is 46.2 Å². The van der Waals surface area contributed by atoms with Crippen LogP contribution in [0.3, 0.4) is 0 Å². The SMILES string of the molecule is Cc1ccc(S(=O)(=O)NCc2ccc(CBr)cc2)c(C)c1. The molecular weight excluding hydrogens is 350 g/mol. The number of alkyl halides is 1. The quantitative estimate of drug-likeness (QED) is 0.819. The summed E-state index contributed by atoms with van der Waals surface area (Å²) < 4.78 is 27.3. The van der Waals surface area contributed by atoms with Gasteiger partial charge in [-0.1, -0.05) is 57.9 Å². The number of hydrogen-bond acceptors (Lipinski definition) is 2. The Morgan fingerprint density at radius 1 is 1.00 bits per heavy atom. The van der Waals surface area contributed by atoms with Gasteiger partial charge in [0.2, 0.25) is 10.0 Å². The Bertz CT molecular complexity index is 724. The van der Waals surface area contributed by atoms with Gasteiger partial charge >= 0.3 is 0 Å². The van der Waals surface area contributed by atoms with E-state index < -0.39 is 10.0 Å². The number of hydrogen-bond donors (Lipinski definition) is 1. The molecule has 0 heterocycles. The molecule has 0 aliphatic carbocycles. The molecule has 0 aromatic heterocycles. The van der Waals surface area contributed by atoms with Crippen LogP contribution < -0.4 is 4.72 Å². The highest BCUT2D eigenvalue weighted by Gasteiger charge is 2.16. The van der Waals surface area contributed by atoms with Crippen molar-refractivity contribution >= 4 is 26.0 Å². The fraction of sp³-hybridized carbons (Fsp3) is 0.250. The van der Waals surface area contributed by atoms with E-state index in [-0.39, 0.29) is 6.54 Å². The highest BCUT2D eigenvalue weighted by Crippen LogP contribution is 2.17. The van der Waals surface area contributed by atoms with Crippen LogP contribution in [0.4, 0.5) is 0 Å². The van der Waals surface area contributed by atoms with Crippen LogP contribution in [0.25, 0.3) is 0 Å². The molecule has 2 rings (SSSR count). The lowest BCUT2D eigenvalue weighted by Crippen LogP contribution is -2.24. The first-order valence-electron chi connectivity index (χ1n) is 6.63. The van der Waals surface area contributed by atoms with Gasteiger partial charge in [-0.25, -0.2) is 13.1 Å². The molecule has 0 bridgehead atoms. The maximum atomic E-state index is 12.3. The molecule has 0 unspecified atom stereocenters. The highest BCUT2D eigenvalue weighted by molar-refractivity contribution is 9.08. The second-order valence-corrected chi connectivity index (χ2v) is 7.34. The fourth-order valence-electron chi connectivity index (χ4n) is 2.10. The summed E-state index contributed by atoms with van der Waals surface area (Å²) in [5.41, 5.74) is 3.91. The summed E-state index contributed by atoms with van der Waals surface area (Å²) in [5, 5.41) is 0.793. The summed E-state index contributed by atoms with van der Waals surface area (Å²) >= 11 is 3.39. The molecular formula is C16H18BrNO2S. The van der Waals surface area contributed by atoms with Crippen molar-refractivity contribution in [1.82, 2.24) is 4.72 Å². The van der Waals surface area contributed by atoms with Gasteiger partial charge in [-0.05, 0) is 36.6 Å². The van der Waals surface area contributed by atoms with E-state index in [0.29, 0.717) is 4.90 Å². The van der Waals surface area contributed by atoms with E-state index in [1.807, 2.05) is 50.2 Å². The van der Waals surface area contributed by atoms with Crippen molar-refractivity contribution in [2.75, 3.05) is 0 Å². The van der Waals surface area contributed by atoms with Gasteiger partial charge in [0.1, 0.15) is 0 Å². The van der Waals surface area contributed by atoms with Crippen LogP contribution in [0, 0.1) is 13.8 Å². The zero-order valence-corrected chi connectivity index (χ0v) is 14.5. The van der Waals surface area contributed by atoms with Gasteiger partial charge in [0.15, 0.2) is 0 Å². The summed E-state index contributed by atoms with van der Waals surface area (Å²) in [4.78, 5) is 0.338. The van der Waals surface area contributed by atoms with E-state index in [4.69, 9.17) is 0 Å². The lowest BCUT2D eigenvalue weighted by molar-refractivity contribution is 0.580. The normalized spacial score (nSPS) is 11.6. The molecule has 3 nitrogen and oxygen atoms in total. The third kappa shape index (κ3) is 4.15. The number of sulfonamides is 1.